The molecule has 8 heteroatoms. The SMILES string of the molecule is [Cu+].[Cu+].c1ccc([N-]c2ccccc2)cc1.c1ccc([N-]c2ccccc2)cc1.c1ccc([PH+](c2ccccc2)c2ccccc2)cc1.c1ccc([PH+](c2ccccc2)c2ccccc2)cc1.c1ccc([PH+](c2ccccc2)c2ccccc2)cc1.c1ccc([PH+](c2ccccc2)c2ccccc2)cc1.c1ccccc1.c1ccccc1. The number of hydrogen-bond donors (Lipinski definition) is 0. The fourth-order valence-corrected chi connectivity index (χ4v) is 22.6. The molecule has 0 aliphatic heterocycles. The van der Waals surface area contributed by atoms with Crippen LogP contribution in [-0.2, 0) is 34.1 Å². The van der Waals surface area contributed by atoms with Gasteiger partial charge in [0.1, 0.15) is 63.7 Å². The van der Waals surface area contributed by atoms with Gasteiger partial charge in [-0.15, -0.1) is 22.7 Å². The van der Waals surface area contributed by atoms with Gasteiger partial charge in [-0.3, -0.25) is 0 Å². The van der Waals surface area contributed by atoms with E-state index >= 15 is 0 Å². The number of hydrogen-bond acceptors (Lipinski definition) is 0. The second-order valence-electron chi connectivity index (χ2n) is 25.8. The first-order valence-corrected chi connectivity index (χ1v) is 44.5. The van der Waals surface area contributed by atoms with Crippen LogP contribution < -0.4 is 63.7 Å². The van der Waals surface area contributed by atoms with Crippen LogP contribution in [0.3, 0.4) is 0 Å². The molecule has 0 unspecified atom stereocenters. The van der Waals surface area contributed by atoms with Gasteiger partial charge < -0.3 is 10.6 Å². The number of benzene rings is 18. The first-order chi connectivity index (χ1) is 56.7. The summed E-state index contributed by atoms with van der Waals surface area (Å²) in [4.78, 5) is 0. The summed E-state index contributed by atoms with van der Waals surface area (Å²) in [7, 11) is -3.51. The second-order valence-corrected chi connectivity index (χ2v) is 35.7. The van der Waals surface area contributed by atoms with E-state index < -0.39 is 31.7 Å². The molecule has 0 fully saturated rings. The first kappa shape index (κ1) is 88.3. The Balaban J connectivity index is 0.000000155. The molecule has 0 aliphatic carbocycles. The van der Waals surface area contributed by atoms with Crippen molar-refractivity contribution in [2.45, 2.75) is 0 Å². The van der Waals surface area contributed by atoms with Crippen molar-refractivity contribution in [3.63, 3.8) is 0 Å². The molecule has 0 aromatic heterocycles. The fourth-order valence-electron chi connectivity index (χ4n) is 12.3. The molecule has 18 aromatic carbocycles. The Morgan fingerprint density at radius 3 is 0.250 bits per heavy atom. The minimum absolute atomic E-state index is 0. The van der Waals surface area contributed by atoms with Gasteiger partial charge in [0.05, 0.1) is 31.7 Å². The van der Waals surface area contributed by atoms with E-state index in [-0.39, 0.29) is 34.1 Å². The standard InChI is InChI=1S/4C18H15P.2C12H10N.2C6H6.2Cu/c4*1-4-10-16(11-5-1)19(17-12-6-2-7-13-17)18-14-8-3-9-15-18;2*1-3-7-11(8-4-1)13-12-9-5-2-6-10-12;2*1-2-4-6-5-3-1;;/h4*1-15H;2*1-10H;2*1-6H;;/q;;;;2*-1;;;2*+1/p+4. The van der Waals surface area contributed by atoms with Gasteiger partial charge in [0, 0.05) is 0 Å². The van der Waals surface area contributed by atoms with E-state index in [1.165, 1.54) is 63.7 Å². The molecule has 0 radical (unpaired) electrons. The molecule has 18 aromatic rings. The molecule has 2 nitrogen and oxygen atoms in total. The van der Waals surface area contributed by atoms with Crippen LogP contribution in [0.1, 0.15) is 0 Å². The quantitative estimate of drug-likeness (QED) is 0.0681. The predicted octanol–water partition coefficient (Wildman–Crippen LogP) is 24.1. The van der Waals surface area contributed by atoms with E-state index in [0.717, 1.165) is 22.7 Å². The van der Waals surface area contributed by atoms with Crippen molar-refractivity contribution in [3.8, 4) is 0 Å². The second kappa shape index (κ2) is 53.4. The summed E-state index contributed by atoms with van der Waals surface area (Å²) in [5, 5.41) is 26.1. The summed E-state index contributed by atoms with van der Waals surface area (Å²) >= 11 is 0. The minimum Gasteiger partial charge on any atom is -0.658 e. The molecule has 0 saturated heterocycles. The summed E-state index contributed by atoms with van der Waals surface area (Å²) in [5.41, 5.74) is 3.98. The van der Waals surface area contributed by atoms with Crippen LogP contribution in [0.5, 0.6) is 0 Å². The van der Waals surface area contributed by atoms with Gasteiger partial charge in [0.2, 0.25) is 0 Å². The first-order valence-electron chi connectivity index (χ1n) is 38.5. The number of nitrogens with zero attached hydrogens (tertiary/aromatic N) is 2. The molecule has 576 valence electrons. The third-order valence-electron chi connectivity index (χ3n) is 17.6. The zero-order valence-corrected chi connectivity index (χ0v) is 70.5. The zero-order chi connectivity index (χ0) is 78.0. The molecule has 0 amide bonds. The van der Waals surface area contributed by atoms with Crippen LogP contribution in [-0.4, -0.2) is 0 Å². The van der Waals surface area contributed by atoms with Gasteiger partial charge in [-0.05, 0) is 146 Å². The van der Waals surface area contributed by atoms with Crippen molar-refractivity contribution in [2.24, 2.45) is 0 Å². The van der Waals surface area contributed by atoms with E-state index in [2.05, 4.69) is 375 Å². The Hall–Kier alpha value is -11.7. The third kappa shape index (κ3) is 30.9. The van der Waals surface area contributed by atoms with Gasteiger partial charge in [0.25, 0.3) is 0 Å². The average molecular weight is 1670 g/mol. The smallest absolute Gasteiger partial charge is 0.658 e. The molecule has 0 saturated carbocycles. The van der Waals surface area contributed by atoms with E-state index in [4.69, 9.17) is 0 Å². The Bertz CT molecular complexity index is 4280. The summed E-state index contributed by atoms with van der Waals surface area (Å²) in [6.45, 7) is 0. The summed E-state index contributed by atoms with van der Waals surface area (Å²) in [6, 6.07) is 194. The Kier molecular flexibility index (Phi) is 40.6. The van der Waals surface area contributed by atoms with Gasteiger partial charge in [0.15, 0.2) is 0 Å². The predicted molar refractivity (Wildman–Crippen MR) is 510 cm³/mol. The van der Waals surface area contributed by atoms with Crippen LogP contribution in [0.15, 0.2) is 558 Å². The summed E-state index contributed by atoms with van der Waals surface area (Å²) < 4.78 is 0. The van der Waals surface area contributed by atoms with Crippen molar-refractivity contribution in [1.82, 2.24) is 0 Å². The maximum absolute atomic E-state index is 4.44. The number of para-hydroxylation sites is 4. The Morgan fingerprint density at radius 1 is 0.0948 bits per heavy atom. The van der Waals surface area contributed by atoms with E-state index in [1.54, 1.807) is 0 Å². The van der Waals surface area contributed by atoms with Crippen molar-refractivity contribution in [1.29, 1.82) is 0 Å². The van der Waals surface area contributed by atoms with Crippen molar-refractivity contribution < 1.29 is 34.1 Å². The molecule has 0 atom stereocenters. The molecule has 0 bridgehead atoms. The summed E-state index contributed by atoms with van der Waals surface area (Å²) in [5.74, 6) is 0. The van der Waals surface area contributed by atoms with E-state index in [9.17, 15) is 0 Å². The van der Waals surface area contributed by atoms with Gasteiger partial charge in [-0.25, -0.2) is 0 Å². The molecule has 0 N–H and O–H groups in total. The molecule has 0 spiro atoms. The van der Waals surface area contributed by atoms with Crippen LogP contribution >= 0.6 is 31.7 Å². The number of rotatable bonds is 16. The normalized spacial score (nSPS) is 9.90. The van der Waals surface area contributed by atoms with E-state index in [0.29, 0.717) is 0 Å². The van der Waals surface area contributed by atoms with Gasteiger partial charge in [-0.1, -0.05) is 413 Å². The minimum atomic E-state index is -0.877. The van der Waals surface area contributed by atoms with Crippen molar-refractivity contribution in [2.75, 3.05) is 0 Å². The van der Waals surface area contributed by atoms with Crippen molar-refractivity contribution in [3.05, 3.63) is 569 Å². The van der Waals surface area contributed by atoms with Gasteiger partial charge in [-0.2, -0.15) is 0 Å². The largest absolute Gasteiger partial charge is 1.00 e. The fraction of sp³-hybridized carbons (Fsp3) is 0. The van der Waals surface area contributed by atoms with Crippen LogP contribution in [0.2, 0.25) is 0 Å². The summed E-state index contributed by atoms with van der Waals surface area (Å²) in [6.07, 6.45) is 0. The molecular weight excluding hydrogens is 1580 g/mol. The van der Waals surface area contributed by atoms with Crippen LogP contribution in [0.4, 0.5) is 22.7 Å². The van der Waals surface area contributed by atoms with Crippen LogP contribution in [0.25, 0.3) is 10.6 Å². The molecule has 0 heterocycles. The van der Waals surface area contributed by atoms with E-state index in [1.807, 2.05) is 194 Å². The third-order valence-corrected chi connectivity index (χ3v) is 28.6. The molecule has 0 aliphatic rings. The monoisotopic (exact) mass is 1670 g/mol. The average Bonchev–Trinajstić information content (AvgIpc) is 0.837. The van der Waals surface area contributed by atoms with Crippen LogP contribution in [0, 0.1) is 0 Å². The Labute approximate surface area is 715 Å². The topological polar surface area (TPSA) is 28.2 Å². The molecular formula is C108H96Cu2N2P4+4. The zero-order valence-electron chi connectivity index (χ0n) is 64.6. The molecule has 18 rings (SSSR count). The Morgan fingerprint density at radius 2 is 0.164 bits per heavy atom. The maximum atomic E-state index is 4.44. The van der Waals surface area contributed by atoms with Crippen molar-refractivity contribution >= 4 is 118 Å². The maximum Gasteiger partial charge on any atom is 1.00 e. The van der Waals surface area contributed by atoms with Gasteiger partial charge >= 0.3 is 34.1 Å². The molecule has 116 heavy (non-hydrogen) atoms.